The van der Waals surface area contributed by atoms with E-state index in [1.54, 1.807) is 0 Å². The fraction of sp³-hybridized carbons (Fsp3) is 0.133. The van der Waals surface area contributed by atoms with Crippen molar-refractivity contribution in [1.29, 1.82) is 0 Å². The monoisotopic (exact) mass is 272 g/mol. The Balaban J connectivity index is 2.00. The van der Waals surface area contributed by atoms with Gasteiger partial charge in [0.2, 0.25) is 0 Å². The van der Waals surface area contributed by atoms with E-state index >= 15 is 0 Å². The molecule has 1 aliphatic rings. The Hall–Kier alpha value is -1.84. The number of nitrogens with zero attached hydrogens (tertiary/aromatic N) is 2. The van der Waals surface area contributed by atoms with Crippen LogP contribution in [0.1, 0.15) is 5.56 Å². The van der Waals surface area contributed by atoms with Crippen molar-refractivity contribution in [3.63, 3.8) is 0 Å². The molecule has 0 radical (unpaired) electrons. The number of amidine groups is 1. The SMILES string of the molecule is Clc1cccc(N2COCN=C2c2ccccc2)c1. The van der Waals surface area contributed by atoms with Crippen molar-refractivity contribution in [3.8, 4) is 0 Å². The Labute approximate surface area is 117 Å². The maximum Gasteiger partial charge on any atom is 0.142 e. The fourth-order valence-corrected chi connectivity index (χ4v) is 2.25. The van der Waals surface area contributed by atoms with Crippen molar-refractivity contribution in [1.82, 2.24) is 0 Å². The second kappa shape index (κ2) is 5.43. The van der Waals surface area contributed by atoms with Crippen LogP contribution in [0.2, 0.25) is 5.02 Å². The average Bonchev–Trinajstić information content (AvgIpc) is 2.48. The molecule has 96 valence electrons. The van der Waals surface area contributed by atoms with Gasteiger partial charge in [-0.15, -0.1) is 0 Å². The lowest BCUT2D eigenvalue weighted by atomic mass is 10.1. The molecule has 1 heterocycles. The first-order chi connectivity index (χ1) is 9.34. The maximum atomic E-state index is 6.05. The van der Waals surface area contributed by atoms with Gasteiger partial charge in [0.15, 0.2) is 0 Å². The number of hydrogen-bond acceptors (Lipinski definition) is 3. The standard InChI is InChI=1S/C15H13ClN2O/c16-13-7-4-8-14(9-13)18-11-19-10-17-15(18)12-5-2-1-3-6-12/h1-9H,10-11H2. The van der Waals surface area contributed by atoms with Crippen LogP contribution in [0.3, 0.4) is 0 Å². The summed E-state index contributed by atoms with van der Waals surface area (Å²) < 4.78 is 5.42. The van der Waals surface area contributed by atoms with E-state index in [0.717, 1.165) is 17.1 Å². The zero-order chi connectivity index (χ0) is 13.1. The van der Waals surface area contributed by atoms with Gasteiger partial charge in [0.25, 0.3) is 0 Å². The molecule has 0 saturated carbocycles. The number of rotatable bonds is 2. The van der Waals surface area contributed by atoms with Gasteiger partial charge < -0.3 is 9.64 Å². The number of benzene rings is 2. The smallest absolute Gasteiger partial charge is 0.142 e. The van der Waals surface area contributed by atoms with E-state index in [0.29, 0.717) is 18.5 Å². The highest BCUT2D eigenvalue weighted by atomic mass is 35.5. The predicted molar refractivity (Wildman–Crippen MR) is 77.7 cm³/mol. The van der Waals surface area contributed by atoms with Crippen molar-refractivity contribution in [2.45, 2.75) is 0 Å². The van der Waals surface area contributed by atoms with Gasteiger partial charge in [-0.05, 0) is 18.2 Å². The summed E-state index contributed by atoms with van der Waals surface area (Å²) in [6.45, 7) is 0.870. The van der Waals surface area contributed by atoms with E-state index in [1.165, 1.54) is 0 Å². The third kappa shape index (κ3) is 2.62. The summed E-state index contributed by atoms with van der Waals surface area (Å²) in [5.41, 5.74) is 2.06. The van der Waals surface area contributed by atoms with Gasteiger partial charge in [0.05, 0.1) is 0 Å². The van der Waals surface area contributed by atoms with Crippen molar-refractivity contribution in [3.05, 3.63) is 65.2 Å². The summed E-state index contributed by atoms with van der Waals surface area (Å²) in [7, 11) is 0. The van der Waals surface area contributed by atoms with Crippen LogP contribution in [0.5, 0.6) is 0 Å². The zero-order valence-electron chi connectivity index (χ0n) is 10.3. The molecule has 1 aliphatic heterocycles. The van der Waals surface area contributed by atoms with Crippen LogP contribution in [0.4, 0.5) is 5.69 Å². The van der Waals surface area contributed by atoms with Crippen LogP contribution >= 0.6 is 11.6 Å². The molecule has 0 aliphatic carbocycles. The molecule has 0 unspecified atom stereocenters. The van der Waals surface area contributed by atoms with E-state index < -0.39 is 0 Å². The molecule has 0 N–H and O–H groups in total. The van der Waals surface area contributed by atoms with Crippen molar-refractivity contribution >= 4 is 23.1 Å². The van der Waals surface area contributed by atoms with Crippen LogP contribution in [0.15, 0.2) is 59.6 Å². The number of ether oxygens (including phenoxy) is 1. The van der Waals surface area contributed by atoms with E-state index in [1.807, 2.05) is 59.5 Å². The largest absolute Gasteiger partial charge is 0.339 e. The molecule has 0 saturated heterocycles. The third-order valence-corrected chi connectivity index (χ3v) is 3.17. The highest BCUT2D eigenvalue weighted by Gasteiger charge is 2.19. The molecular formula is C15H13ClN2O. The van der Waals surface area contributed by atoms with Crippen LogP contribution in [0, 0.1) is 0 Å². The van der Waals surface area contributed by atoms with Gasteiger partial charge in [-0.2, -0.15) is 0 Å². The van der Waals surface area contributed by atoms with E-state index in [2.05, 4.69) is 4.99 Å². The molecule has 0 amide bonds. The third-order valence-electron chi connectivity index (χ3n) is 2.93. The average molecular weight is 273 g/mol. The number of aliphatic imine (C=N–C) groups is 1. The van der Waals surface area contributed by atoms with Gasteiger partial charge in [0.1, 0.15) is 19.3 Å². The first kappa shape index (κ1) is 12.2. The minimum absolute atomic E-state index is 0.390. The molecule has 0 fully saturated rings. The molecule has 19 heavy (non-hydrogen) atoms. The fourth-order valence-electron chi connectivity index (χ4n) is 2.06. The van der Waals surface area contributed by atoms with Crippen LogP contribution in [-0.4, -0.2) is 19.3 Å². The van der Waals surface area contributed by atoms with Crippen LogP contribution in [-0.2, 0) is 4.74 Å². The highest BCUT2D eigenvalue weighted by molar-refractivity contribution is 6.31. The molecule has 0 aromatic heterocycles. The molecule has 0 bridgehead atoms. The zero-order valence-corrected chi connectivity index (χ0v) is 11.0. The molecule has 0 atom stereocenters. The van der Waals surface area contributed by atoms with E-state index in [-0.39, 0.29) is 0 Å². The summed E-state index contributed by atoms with van der Waals surface area (Å²) in [5, 5.41) is 0.704. The second-order valence-corrected chi connectivity index (χ2v) is 4.65. The lowest BCUT2D eigenvalue weighted by molar-refractivity contribution is 0.141. The predicted octanol–water partition coefficient (Wildman–Crippen LogP) is 3.54. The highest BCUT2D eigenvalue weighted by Crippen LogP contribution is 2.23. The number of hydrogen-bond donors (Lipinski definition) is 0. The van der Waals surface area contributed by atoms with Crippen LogP contribution < -0.4 is 4.90 Å². The molecule has 2 aromatic carbocycles. The topological polar surface area (TPSA) is 24.8 Å². The maximum absolute atomic E-state index is 6.05. The normalized spacial score (nSPS) is 15.2. The summed E-state index contributed by atoms with van der Waals surface area (Å²) >= 11 is 6.05. The van der Waals surface area contributed by atoms with Gasteiger partial charge in [-0.3, -0.25) is 0 Å². The minimum atomic E-state index is 0.390. The molecule has 3 nitrogen and oxygen atoms in total. The molecule has 3 rings (SSSR count). The van der Waals surface area contributed by atoms with Gasteiger partial charge >= 0.3 is 0 Å². The summed E-state index contributed by atoms with van der Waals surface area (Å²) in [5.74, 6) is 0.911. The Morgan fingerprint density at radius 1 is 1.05 bits per heavy atom. The molecule has 2 aromatic rings. The summed E-state index contributed by atoms with van der Waals surface area (Å²) in [4.78, 5) is 6.48. The number of anilines is 1. The Morgan fingerprint density at radius 3 is 2.68 bits per heavy atom. The van der Waals surface area contributed by atoms with Gasteiger partial charge in [-0.25, -0.2) is 4.99 Å². The van der Waals surface area contributed by atoms with Crippen molar-refractivity contribution in [2.75, 3.05) is 18.4 Å². The second-order valence-electron chi connectivity index (χ2n) is 4.22. The van der Waals surface area contributed by atoms with E-state index in [9.17, 15) is 0 Å². The van der Waals surface area contributed by atoms with Crippen LogP contribution in [0.25, 0.3) is 0 Å². The first-order valence-electron chi connectivity index (χ1n) is 6.05. The van der Waals surface area contributed by atoms with Crippen molar-refractivity contribution in [2.24, 2.45) is 4.99 Å². The molecular weight excluding hydrogens is 260 g/mol. The Bertz CT molecular complexity index is 598. The van der Waals surface area contributed by atoms with Gasteiger partial charge in [0, 0.05) is 16.3 Å². The Morgan fingerprint density at radius 2 is 1.89 bits per heavy atom. The first-order valence-corrected chi connectivity index (χ1v) is 6.43. The van der Waals surface area contributed by atoms with Gasteiger partial charge in [-0.1, -0.05) is 48.0 Å². The summed E-state index contributed by atoms with van der Waals surface area (Å²) in [6.07, 6.45) is 0. The Kier molecular flexibility index (Phi) is 3.49. The lowest BCUT2D eigenvalue weighted by Gasteiger charge is -2.29. The quantitative estimate of drug-likeness (QED) is 0.835. The molecule has 4 heteroatoms. The van der Waals surface area contributed by atoms with Crippen molar-refractivity contribution < 1.29 is 4.74 Å². The lowest BCUT2D eigenvalue weighted by Crippen LogP contribution is -2.37. The molecule has 0 spiro atoms. The summed E-state index contributed by atoms with van der Waals surface area (Å²) in [6, 6.07) is 17.8. The minimum Gasteiger partial charge on any atom is -0.339 e. The number of halogens is 1. The van der Waals surface area contributed by atoms with E-state index in [4.69, 9.17) is 16.3 Å².